The summed E-state index contributed by atoms with van der Waals surface area (Å²) in [4.78, 5) is 12.1. The van der Waals surface area contributed by atoms with Gasteiger partial charge in [-0.05, 0) is 19.9 Å². The summed E-state index contributed by atoms with van der Waals surface area (Å²) < 4.78 is 5.14. The number of likely N-dealkylation sites (N-methyl/N-ethyl adjacent to an activating group) is 1. The quantitative estimate of drug-likeness (QED) is 0.472. The fourth-order valence-corrected chi connectivity index (χ4v) is 1.76. The third-order valence-corrected chi connectivity index (χ3v) is 2.69. The summed E-state index contributed by atoms with van der Waals surface area (Å²) >= 11 is 0. The molecule has 2 atom stereocenters. The molecule has 4 heteroatoms. The number of aliphatic hydroxyl groups excluding tert-OH is 1. The summed E-state index contributed by atoms with van der Waals surface area (Å²) in [7, 11) is 1.99. The molecule has 2 unspecified atom stereocenters. The largest absolute Gasteiger partial charge is 0.395 e. The molecule has 13 heavy (non-hydrogen) atoms. The number of likely N-dealkylation sites (tertiary alicyclic amines) is 1. The zero-order valence-electron chi connectivity index (χ0n) is 7.98. The molecule has 4 nitrogen and oxygen atoms in total. The minimum Gasteiger partial charge on any atom is -0.395 e. The summed E-state index contributed by atoms with van der Waals surface area (Å²) in [6, 6.07) is 0.627. The Morgan fingerprint density at radius 2 is 2.23 bits per heavy atom. The molecule has 1 saturated heterocycles. The Hall–Kier alpha value is -0.450. The van der Waals surface area contributed by atoms with Gasteiger partial charge in [0.05, 0.1) is 13.2 Å². The smallest absolute Gasteiger partial charge is 0.145 e. The molecule has 0 spiro atoms. The summed E-state index contributed by atoms with van der Waals surface area (Å²) in [5.41, 5.74) is 0. The minimum absolute atomic E-state index is 0.175. The van der Waals surface area contributed by atoms with E-state index in [9.17, 15) is 4.79 Å². The highest BCUT2D eigenvalue weighted by Crippen LogP contribution is 2.21. The van der Waals surface area contributed by atoms with Crippen LogP contribution in [0.5, 0.6) is 0 Å². The van der Waals surface area contributed by atoms with E-state index in [1.807, 2.05) is 7.05 Å². The van der Waals surface area contributed by atoms with Crippen LogP contribution in [0.15, 0.2) is 0 Å². The number of rotatable bonds is 5. The molecule has 1 rings (SSSR count). The van der Waals surface area contributed by atoms with Gasteiger partial charge in [-0.25, -0.2) is 0 Å². The SMILES string of the molecule is CN1C(CO)CCC1COCC=O. The third-order valence-electron chi connectivity index (χ3n) is 2.69. The molecule has 1 N–H and O–H groups in total. The lowest BCUT2D eigenvalue weighted by Crippen LogP contribution is -2.37. The van der Waals surface area contributed by atoms with Crippen LogP contribution >= 0.6 is 0 Å². The standard InChI is InChI=1S/C9H17NO3/c1-10-8(6-12)2-3-9(10)7-13-5-4-11/h4,8-9,12H,2-3,5-7H2,1H3. The van der Waals surface area contributed by atoms with Crippen LogP contribution in [0.1, 0.15) is 12.8 Å². The normalized spacial score (nSPS) is 29.4. The first-order valence-corrected chi connectivity index (χ1v) is 4.63. The highest BCUT2D eigenvalue weighted by Gasteiger charge is 2.29. The Kier molecular flexibility index (Phi) is 4.35. The predicted octanol–water partition coefficient (Wildman–Crippen LogP) is -0.343. The fraction of sp³-hybridized carbons (Fsp3) is 0.889. The topological polar surface area (TPSA) is 49.8 Å². The highest BCUT2D eigenvalue weighted by molar-refractivity contribution is 5.50. The van der Waals surface area contributed by atoms with Crippen LogP contribution in [-0.2, 0) is 9.53 Å². The number of hydrogen-bond acceptors (Lipinski definition) is 4. The van der Waals surface area contributed by atoms with E-state index in [-0.39, 0.29) is 19.3 Å². The van der Waals surface area contributed by atoms with E-state index in [2.05, 4.69) is 4.90 Å². The van der Waals surface area contributed by atoms with Crippen LogP contribution in [-0.4, -0.2) is 55.2 Å². The zero-order valence-corrected chi connectivity index (χ0v) is 7.98. The number of nitrogens with zero attached hydrogens (tertiary/aromatic N) is 1. The predicted molar refractivity (Wildman–Crippen MR) is 48.5 cm³/mol. The van der Waals surface area contributed by atoms with Gasteiger partial charge < -0.3 is 14.6 Å². The molecule has 0 bridgehead atoms. The van der Waals surface area contributed by atoms with Crippen LogP contribution in [0.3, 0.4) is 0 Å². The molecule has 0 aromatic carbocycles. The minimum atomic E-state index is 0.175. The van der Waals surface area contributed by atoms with Crippen LogP contribution in [0, 0.1) is 0 Å². The lowest BCUT2D eigenvalue weighted by molar-refractivity contribution is -0.112. The first-order valence-electron chi connectivity index (χ1n) is 4.63. The monoisotopic (exact) mass is 187 g/mol. The van der Waals surface area contributed by atoms with Gasteiger partial charge in [-0.2, -0.15) is 0 Å². The van der Waals surface area contributed by atoms with Gasteiger partial charge in [0.2, 0.25) is 0 Å². The maximum Gasteiger partial charge on any atom is 0.145 e. The average molecular weight is 187 g/mol. The number of carbonyl (C=O) groups excluding carboxylic acids is 1. The van der Waals surface area contributed by atoms with Crippen LogP contribution in [0.2, 0.25) is 0 Å². The lowest BCUT2D eigenvalue weighted by Gasteiger charge is -2.23. The van der Waals surface area contributed by atoms with E-state index in [1.54, 1.807) is 0 Å². The van der Waals surface area contributed by atoms with Crippen molar-refractivity contribution in [3.63, 3.8) is 0 Å². The second-order valence-corrected chi connectivity index (χ2v) is 3.44. The van der Waals surface area contributed by atoms with Gasteiger partial charge in [-0.15, -0.1) is 0 Å². The Labute approximate surface area is 78.5 Å². The van der Waals surface area contributed by atoms with E-state index in [0.717, 1.165) is 19.1 Å². The van der Waals surface area contributed by atoms with Gasteiger partial charge in [-0.3, -0.25) is 4.90 Å². The first-order chi connectivity index (χ1) is 6.29. The van der Waals surface area contributed by atoms with Crippen LogP contribution < -0.4 is 0 Å². The van der Waals surface area contributed by atoms with Gasteiger partial charge >= 0.3 is 0 Å². The van der Waals surface area contributed by atoms with E-state index in [0.29, 0.717) is 12.6 Å². The van der Waals surface area contributed by atoms with Gasteiger partial charge in [0.15, 0.2) is 0 Å². The summed E-state index contributed by atoms with van der Waals surface area (Å²) in [5.74, 6) is 0. The summed E-state index contributed by atoms with van der Waals surface area (Å²) in [6.07, 6.45) is 2.82. The van der Waals surface area contributed by atoms with Crippen molar-refractivity contribution in [2.45, 2.75) is 24.9 Å². The Bertz CT molecular complexity index is 163. The molecule has 1 fully saturated rings. The molecule has 1 aliphatic rings. The molecular weight excluding hydrogens is 170 g/mol. The average Bonchev–Trinajstić information content (AvgIpc) is 2.48. The van der Waals surface area contributed by atoms with Crippen molar-refractivity contribution in [2.75, 3.05) is 26.9 Å². The van der Waals surface area contributed by atoms with E-state index >= 15 is 0 Å². The van der Waals surface area contributed by atoms with Gasteiger partial charge in [0, 0.05) is 12.1 Å². The van der Waals surface area contributed by atoms with Gasteiger partial charge in [-0.1, -0.05) is 0 Å². The molecule has 1 heterocycles. The van der Waals surface area contributed by atoms with Crippen molar-refractivity contribution >= 4 is 6.29 Å². The Morgan fingerprint density at radius 3 is 2.77 bits per heavy atom. The molecule has 0 saturated carbocycles. The lowest BCUT2D eigenvalue weighted by atomic mass is 10.2. The molecule has 76 valence electrons. The molecule has 0 aliphatic carbocycles. The van der Waals surface area contributed by atoms with Crippen LogP contribution in [0.25, 0.3) is 0 Å². The Balaban J connectivity index is 2.24. The molecule has 0 amide bonds. The zero-order chi connectivity index (χ0) is 9.68. The molecule has 0 radical (unpaired) electrons. The molecule has 1 aliphatic heterocycles. The van der Waals surface area contributed by atoms with E-state index in [4.69, 9.17) is 9.84 Å². The van der Waals surface area contributed by atoms with E-state index < -0.39 is 0 Å². The molecule has 0 aromatic heterocycles. The van der Waals surface area contributed by atoms with Crippen molar-refractivity contribution in [2.24, 2.45) is 0 Å². The van der Waals surface area contributed by atoms with E-state index in [1.165, 1.54) is 0 Å². The highest BCUT2D eigenvalue weighted by atomic mass is 16.5. The first kappa shape index (κ1) is 10.6. The van der Waals surface area contributed by atoms with Crippen molar-refractivity contribution in [3.8, 4) is 0 Å². The van der Waals surface area contributed by atoms with Gasteiger partial charge in [0.1, 0.15) is 12.9 Å². The van der Waals surface area contributed by atoms with Crippen LogP contribution in [0.4, 0.5) is 0 Å². The summed E-state index contributed by atoms with van der Waals surface area (Å²) in [6.45, 7) is 0.973. The van der Waals surface area contributed by atoms with Crippen molar-refractivity contribution in [1.29, 1.82) is 0 Å². The number of hydrogen-bond donors (Lipinski definition) is 1. The summed E-state index contributed by atoms with van der Waals surface area (Å²) in [5, 5.41) is 8.99. The van der Waals surface area contributed by atoms with Crippen molar-refractivity contribution < 1.29 is 14.6 Å². The third kappa shape index (κ3) is 2.76. The van der Waals surface area contributed by atoms with Crippen molar-refractivity contribution in [1.82, 2.24) is 4.90 Å². The maximum absolute atomic E-state index is 10.0. The number of carbonyl (C=O) groups is 1. The number of aliphatic hydroxyl groups is 1. The fourth-order valence-electron chi connectivity index (χ4n) is 1.76. The maximum atomic E-state index is 10.0. The molecule has 0 aromatic rings. The van der Waals surface area contributed by atoms with Crippen molar-refractivity contribution in [3.05, 3.63) is 0 Å². The number of ether oxygens (including phenoxy) is 1. The second-order valence-electron chi connectivity index (χ2n) is 3.44. The number of aldehydes is 1. The molecular formula is C9H17NO3. The van der Waals surface area contributed by atoms with Gasteiger partial charge in [0.25, 0.3) is 0 Å². The second kappa shape index (κ2) is 5.32. The Morgan fingerprint density at radius 1 is 1.54 bits per heavy atom.